The molecule has 200 valence electrons. The minimum atomic E-state index is -3.89. The van der Waals surface area contributed by atoms with Gasteiger partial charge in [-0.1, -0.05) is 18.3 Å². The Morgan fingerprint density at radius 3 is 2.49 bits per heavy atom. The number of carbonyl (C=O) groups is 1. The van der Waals surface area contributed by atoms with E-state index in [9.17, 15) is 21.6 Å². The molecular weight excluding hydrogens is 536 g/mol. The average molecular weight is 567 g/mol. The molecule has 0 aliphatic carbocycles. The standard InChI is InChI=1S/C24H30N4O6S3/c1-3-34-14-13-28-21-11-10-20(36(25,30)31)15-22(21)35-24(28)26-23(29)18-6-8-19(9-7-18)37(32,33)27-12-4-5-17(2)16-27/h6-11,15,17H,3-5,12-14,16H2,1-2H3,(H2,25,30,31)/t17-/m1/s1. The quantitative estimate of drug-likeness (QED) is 0.416. The van der Waals surface area contributed by atoms with Gasteiger partial charge in [0.2, 0.25) is 20.0 Å². The predicted molar refractivity (Wildman–Crippen MR) is 141 cm³/mol. The number of ether oxygens (including phenoxy) is 1. The zero-order valence-corrected chi connectivity index (χ0v) is 23.1. The number of nitrogens with zero attached hydrogens (tertiary/aromatic N) is 3. The van der Waals surface area contributed by atoms with Crippen molar-refractivity contribution in [3.8, 4) is 0 Å². The van der Waals surface area contributed by atoms with E-state index in [1.807, 2.05) is 13.8 Å². The van der Waals surface area contributed by atoms with Crippen LogP contribution in [-0.4, -0.2) is 57.9 Å². The average Bonchev–Trinajstić information content (AvgIpc) is 3.20. The Kier molecular flexibility index (Phi) is 8.31. The number of hydrogen-bond acceptors (Lipinski definition) is 7. The minimum Gasteiger partial charge on any atom is -0.380 e. The highest BCUT2D eigenvalue weighted by Crippen LogP contribution is 2.24. The van der Waals surface area contributed by atoms with Crippen LogP contribution in [0.15, 0.2) is 57.2 Å². The van der Waals surface area contributed by atoms with E-state index < -0.39 is 26.0 Å². The zero-order valence-electron chi connectivity index (χ0n) is 20.7. The molecule has 37 heavy (non-hydrogen) atoms. The summed E-state index contributed by atoms with van der Waals surface area (Å²) < 4.78 is 59.0. The van der Waals surface area contributed by atoms with Gasteiger partial charge in [-0.15, -0.1) is 0 Å². The molecule has 1 saturated heterocycles. The second-order valence-corrected chi connectivity index (χ2v) is 13.5. The lowest BCUT2D eigenvalue weighted by atomic mass is 10.0. The highest BCUT2D eigenvalue weighted by atomic mass is 32.2. The van der Waals surface area contributed by atoms with Crippen LogP contribution in [0.3, 0.4) is 0 Å². The summed E-state index contributed by atoms with van der Waals surface area (Å²) in [5.41, 5.74) is 0.936. The number of thiazole rings is 1. The highest BCUT2D eigenvalue weighted by Gasteiger charge is 2.28. The Morgan fingerprint density at radius 2 is 1.84 bits per heavy atom. The van der Waals surface area contributed by atoms with Crippen molar-refractivity contribution in [1.29, 1.82) is 0 Å². The van der Waals surface area contributed by atoms with Crippen LogP contribution in [0.25, 0.3) is 10.2 Å². The monoisotopic (exact) mass is 566 g/mol. The summed E-state index contributed by atoms with van der Waals surface area (Å²) in [6, 6.07) is 10.3. The van der Waals surface area contributed by atoms with Crippen molar-refractivity contribution >= 4 is 47.5 Å². The molecule has 1 aromatic heterocycles. The van der Waals surface area contributed by atoms with Crippen molar-refractivity contribution in [2.75, 3.05) is 26.3 Å². The highest BCUT2D eigenvalue weighted by molar-refractivity contribution is 7.89. The second kappa shape index (κ2) is 11.1. The number of benzene rings is 2. The third-order valence-corrected chi connectivity index (χ3v) is 10.0. The lowest BCUT2D eigenvalue weighted by molar-refractivity contribution is 0.0996. The van der Waals surface area contributed by atoms with E-state index >= 15 is 0 Å². The summed E-state index contributed by atoms with van der Waals surface area (Å²) in [6.45, 7) is 6.19. The normalized spacial score (nSPS) is 17.9. The lowest BCUT2D eigenvalue weighted by Gasteiger charge is -2.30. The molecule has 1 aliphatic rings. The first-order valence-corrected chi connectivity index (χ1v) is 15.7. The second-order valence-electron chi connectivity index (χ2n) is 8.96. The van der Waals surface area contributed by atoms with Crippen LogP contribution in [0.4, 0.5) is 0 Å². The zero-order chi connectivity index (χ0) is 26.8. The van der Waals surface area contributed by atoms with Crippen molar-refractivity contribution in [2.24, 2.45) is 16.0 Å². The fourth-order valence-electron chi connectivity index (χ4n) is 4.27. The fraction of sp³-hybridized carbons (Fsp3) is 0.417. The first kappa shape index (κ1) is 27.6. The lowest BCUT2D eigenvalue weighted by Crippen LogP contribution is -2.39. The van der Waals surface area contributed by atoms with Gasteiger partial charge < -0.3 is 9.30 Å². The van der Waals surface area contributed by atoms with Crippen molar-refractivity contribution in [3.63, 3.8) is 0 Å². The van der Waals surface area contributed by atoms with Crippen molar-refractivity contribution < 1.29 is 26.4 Å². The van der Waals surface area contributed by atoms with E-state index in [2.05, 4.69) is 4.99 Å². The molecule has 1 aliphatic heterocycles. The first-order valence-electron chi connectivity index (χ1n) is 11.9. The van der Waals surface area contributed by atoms with Gasteiger partial charge in [-0.25, -0.2) is 22.0 Å². The summed E-state index contributed by atoms with van der Waals surface area (Å²) in [4.78, 5) is 17.8. The Labute approximate surface area is 220 Å². The number of nitrogens with two attached hydrogens (primary N) is 1. The number of sulfonamides is 2. The maximum absolute atomic E-state index is 13.0. The smallest absolute Gasteiger partial charge is 0.279 e. The van der Waals surface area contributed by atoms with E-state index in [0.717, 1.165) is 24.2 Å². The molecule has 0 radical (unpaired) electrons. The molecule has 0 unspecified atom stereocenters. The van der Waals surface area contributed by atoms with E-state index in [1.165, 1.54) is 40.7 Å². The number of primary sulfonamides is 1. The number of hydrogen-bond donors (Lipinski definition) is 1. The molecule has 2 N–H and O–H groups in total. The summed E-state index contributed by atoms with van der Waals surface area (Å²) in [6.07, 6.45) is 1.83. The third kappa shape index (κ3) is 6.19. The van der Waals surface area contributed by atoms with Gasteiger partial charge in [-0.05, 0) is 68.1 Å². The number of aromatic nitrogens is 1. The van der Waals surface area contributed by atoms with Gasteiger partial charge in [0.05, 0.1) is 26.6 Å². The fourth-order valence-corrected chi connectivity index (χ4v) is 7.57. The molecule has 13 heteroatoms. The number of piperidine rings is 1. The van der Waals surface area contributed by atoms with Gasteiger partial charge in [0, 0.05) is 31.8 Å². The minimum absolute atomic E-state index is 0.0315. The number of carbonyl (C=O) groups excluding carboxylic acids is 1. The molecule has 10 nitrogen and oxygen atoms in total. The number of fused-ring (bicyclic) bond motifs is 1. The van der Waals surface area contributed by atoms with Crippen molar-refractivity contribution in [2.45, 2.75) is 43.0 Å². The van der Waals surface area contributed by atoms with Gasteiger partial charge in [0.1, 0.15) is 0 Å². The Bertz CT molecular complexity index is 1570. The van der Waals surface area contributed by atoms with Crippen LogP contribution in [0, 0.1) is 5.92 Å². The third-order valence-electron chi connectivity index (χ3n) is 6.20. The molecule has 4 rings (SSSR count). The van der Waals surface area contributed by atoms with Crippen LogP contribution in [0.2, 0.25) is 0 Å². The summed E-state index contributed by atoms with van der Waals surface area (Å²) in [7, 11) is -7.52. The first-order chi connectivity index (χ1) is 17.5. The van der Waals surface area contributed by atoms with Crippen LogP contribution in [0.1, 0.15) is 37.0 Å². The van der Waals surface area contributed by atoms with E-state index in [-0.39, 0.29) is 15.4 Å². The largest absolute Gasteiger partial charge is 0.380 e. The SMILES string of the molecule is CCOCCn1c(=NC(=O)c2ccc(S(=O)(=O)N3CCC[C@@H](C)C3)cc2)sc2cc(S(N)(=O)=O)ccc21. The van der Waals surface area contributed by atoms with Gasteiger partial charge in [0.25, 0.3) is 5.91 Å². The summed E-state index contributed by atoms with van der Waals surface area (Å²) in [5, 5.41) is 5.27. The van der Waals surface area contributed by atoms with Crippen LogP contribution < -0.4 is 9.94 Å². The van der Waals surface area contributed by atoms with E-state index in [0.29, 0.717) is 53.8 Å². The topological polar surface area (TPSA) is 141 Å². The van der Waals surface area contributed by atoms with Crippen LogP contribution >= 0.6 is 11.3 Å². The molecular formula is C24H30N4O6S3. The Morgan fingerprint density at radius 1 is 1.14 bits per heavy atom. The Hall–Kier alpha value is -2.42. The molecule has 0 bridgehead atoms. The van der Waals surface area contributed by atoms with Gasteiger partial charge >= 0.3 is 0 Å². The van der Waals surface area contributed by atoms with Crippen molar-refractivity contribution in [1.82, 2.24) is 8.87 Å². The van der Waals surface area contributed by atoms with Gasteiger partial charge in [-0.2, -0.15) is 9.30 Å². The maximum atomic E-state index is 13.0. The molecule has 0 saturated carbocycles. The predicted octanol–water partition coefficient (Wildman–Crippen LogP) is 2.55. The molecule has 2 aromatic carbocycles. The maximum Gasteiger partial charge on any atom is 0.279 e. The number of rotatable bonds is 8. The molecule has 0 spiro atoms. The summed E-state index contributed by atoms with van der Waals surface area (Å²) in [5.74, 6) is -0.237. The molecule has 3 aromatic rings. The molecule has 1 fully saturated rings. The van der Waals surface area contributed by atoms with Gasteiger partial charge in [-0.3, -0.25) is 4.79 Å². The van der Waals surface area contributed by atoms with Gasteiger partial charge in [0.15, 0.2) is 4.80 Å². The van der Waals surface area contributed by atoms with Crippen LogP contribution in [-0.2, 0) is 31.3 Å². The van der Waals surface area contributed by atoms with Crippen LogP contribution in [0.5, 0.6) is 0 Å². The van der Waals surface area contributed by atoms with Crippen molar-refractivity contribution in [3.05, 3.63) is 52.8 Å². The molecule has 1 atom stereocenters. The summed E-state index contributed by atoms with van der Waals surface area (Å²) >= 11 is 1.16. The van der Waals surface area contributed by atoms with E-state index in [4.69, 9.17) is 9.88 Å². The Balaban J connectivity index is 1.67. The number of amides is 1. The molecule has 2 heterocycles. The van der Waals surface area contributed by atoms with E-state index in [1.54, 1.807) is 10.6 Å². The molecule has 1 amide bonds.